The van der Waals surface area contributed by atoms with Gasteiger partial charge in [-0.3, -0.25) is 14.7 Å². The third-order valence-corrected chi connectivity index (χ3v) is 4.83. The van der Waals surface area contributed by atoms with Crippen molar-refractivity contribution in [1.82, 2.24) is 15.1 Å². The normalized spacial score (nSPS) is 17.4. The molecule has 7 nitrogen and oxygen atoms in total. The van der Waals surface area contributed by atoms with E-state index < -0.39 is 11.9 Å². The van der Waals surface area contributed by atoms with Crippen molar-refractivity contribution in [3.05, 3.63) is 47.0 Å². The van der Waals surface area contributed by atoms with Crippen LogP contribution in [0.15, 0.2) is 24.3 Å². The third-order valence-electron chi connectivity index (χ3n) is 4.83. The molecule has 0 aliphatic carbocycles. The zero-order valence-electron chi connectivity index (χ0n) is 14.8. The van der Waals surface area contributed by atoms with Crippen LogP contribution in [0.1, 0.15) is 17.0 Å². The summed E-state index contributed by atoms with van der Waals surface area (Å²) in [6.45, 7) is 4.91. The molecular formula is C18H22FN5O2. The van der Waals surface area contributed by atoms with Crippen LogP contribution < -0.4 is 10.6 Å². The van der Waals surface area contributed by atoms with E-state index in [0.29, 0.717) is 13.1 Å². The van der Waals surface area contributed by atoms with E-state index in [9.17, 15) is 14.0 Å². The van der Waals surface area contributed by atoms with Gasteiger partial charge in [-0.2, -0.15) is 5.10 Å². The maximum atomic E-state index is 13.1. The number of hydrogen-bond acceptors (Lipinski definition) is 4. The molecule has 3 N–H and O–H groups in total. The minimum atomic E-state index is -0.728. The van der Waals surface area contributed by atoms with Crippen LogP contribution in [0.2, 0.25) is 0 Å². The first-order chi connectivity index (χ1) is 12.4. The zero-order chi connectivity index (χ0) is 18.8. The number of aromatic nitrogens is 2. The summed E-state index contributed by atoms with van der Waals surface area (Å²) in [5.74, 6) is -1.02. The van der Waals surface area contributed by atoms with Gasteiger partial charge >= 0.3 is 0 Å². The van der Waals surface area contributed by atoms with Gasteiger partial charge < -0.3 is 15.5 Å². The molecule has 2 amide bonds. The molecule has 0 saturated carbocycles. The highest BCUT2D eigenvalue weighted by molar-refractivity contribution is 5.88. The largest absolute Gasteiger partial charge is 0.368 e. The molecule has 0 radical (unpaired) electrons. The predicted molar refractivity (Wildman–Crippen MR) is 95.1 cm³/mol. The van der Waals surface area contributed by atoms with Gasteiger partial charge in [0.15, 0.2) is 0 Å². The summed E-state index contributed by atoms with van der Waals surface area (Å²) in [5, 5.41) is 6.96. The Morgan fingerprint density at radius 2 is 1.96 bits per heavy atom. The summed E-state index contributed by atoms with van der Waals surface area (Å²) in [7, 11) is 0. The minimum absolute atomic E-state index is 0.153. The zero-order valence-corrected chi connectivity index (χ0v) is 14.8. The van der Waals surface area contributed by atoms with Crippen molar-refractivity contribution >= 4 is 17.5 Å². The number of primary amides is 1. The number of benzene rings is 1. The number of aromatic amines is 1. The van der Waals surface area contributed by atoms with Crippen LogP contribution in [0.25, 0.3) is 0 Å². The van der Waals surface area contributed by atoms with Gasteiger partial charge in [-0.25, -0.2) is 4.39 Å². The van der Waals surface area contributed by atoms with Crippen molar-refractivity contribution in [2.75, 3.05) is 24.5 Å². The van der Waals surface area contributed by atoms with Gasteiger partial charge in [0.05, 0.1) is 12.1 Å². The van der Waals surface area contributed by atoms with Crippen LogP contribution in [0, 0.1) is 19.7 Å². The molecule has 1 fully saturated rings. The Morgan fingerprint density at radius 1 is 1.27 bits per heavy atom. The molecule has 1 unspecified atom stereocenters. The fourth-order valence-electron chi connectivity index (χ4n) is 3.30. The fourth-order valence-corrected chi connectivity index (χ4v) is 3.30. The van der Waals surface area contributed by atoms with E-state index >= 15 is 0 Å². The van der Waals surface area contributed by atoms with Gasteiger partial charge in [0, 0.05) is 36.6 Å². The average molecular weight is 359 g/mol. The molecule has 2 aromatic rings. The first-order valence-electron chi connectivity index (χ1n) is 8.46. The maximum Gasteiger partial charge on any atom is 0.242 e. The van der Waals surface area contributed by atoms with Crippen LogP contribution in [0.5, 0.6) is 0 Å². The second-order valence-electron chi connectivity index (χ2n) is 6.52. The summed E-state index contributed by atoms with van der Waals surface area (Å²) in [4.78, 5) is 28.2. The Labute approximate surface area is 151 Å². The summed E-state index contributed by atoms with van der Waals surface area (Å²) in [6.07, 6.45) is 0.175. The number of aryl methyl sites for hydroxylation is 2. The molecule has 8 heteroatoms. The number of carbonyl (C=O) groups is 2. The monoisotopic (exact) mass is 359 g/mol. The van der Waals surface area contributed by atoms with Crippen molar-refractivity contribution in [2.24, 2.45) is 5.73 Å². The molecule has 1 aromatic heterocycles. The summed E-state index contributed by atoms with van der Waals surface area (Å²) in [5.41, 5.74) is 8.82. The Hall–Kier alpha value is -2.90. The van der Waals surface area contributed by atoms with Crippen LogP contribution in [-0.2, 0) is 16.0 Å². The van der Waals surface area contributed by atoms with Gasteiger partial charge in [-0.05, 0) is 38.1 Å². The van der Waals surface area contributed by atoms with E-state index in [1.54, 1.807) is 12.1 Å². The standard InChI is InChI=1S/C18H22FN5O2/c1-11-15(12(2)22-21-11)9-17(25)24-8-7-23(10-16(24)18(20)26)14-5-3-13(19)4-6-14/h3-6,16H,7-10H2,1-2H3,(H2,20,26)(H,21,22). The lowest BCUT2D eigenvalue weighted by Gasteiger charge is -2.41. The molecular weight excluding hydrogens is 337 g/mol. The van der Waals surface area contributed by atoms with Crippen LogP contribution >= 0.6 is 0 Å². The molecule has 0 bridgehead atoms. The number of hydrogen-bond donors (Lipinski definition) is 2. The Bertz CT molecular complexity index is 798. The van der Waals surface area contributed by atoms with Gasteiger partial charge in [0.2, 0.25) is 11.8 Å². The molecule has 1 atom stereocenters. The van der Waals surface area contributed by atoms with E-state index in [-0.39, 0.29) is 24.7 Å². The number of halogens is 1. The summed E-state index contributed by atoms with van der Waals surface area (Å²) >= 11 is 0. The van der Waals surface area contributed by atoms with E-state index in [2.05, 4.69) is 10.2 Å². The Balaban J connectivity index is 1.75. The molecule has 1 aromatic carbocycles. The number of nitrogens with two attached hydrogens (primary N) is 1. The van der Waals surface area contributed by atoms with Crippen molar-refractivity contribution in [3.63, 3.8) is 0 Å². The number of H-pyrrole nitrogens is 1. The SMILES string of the molecule is Cc1n[nH]c(C)c1CC(=O)N1CCN(c2ccc(F)cc2)CC1C(N)=O. The first-order valence-corrected chi connectivity index (χ1v) is 8.46. The second kappa shape index (κ2) is 7.15. The average Bonchev–Trinajstić information content (AvgIpc) is 2.93. The van der Waals surface area contributed by atoms with Gasteiger partial charge in [0.1, 0.15) is 11.9 Å². The molecule has 1 saturated heterocycles. The third kappa shape index (κ3) is 3.54. The number of nitrogens with one attached hydrogen (secondary N) is 1. The highest BCUT2D eigenvalue weighted by atomic mass is 19.1. The van der Waals surface area contributed by atoms with Gasteiger partial charge in [-0.1, -0.05) is 0 Å². The second-order valence-corrected chi connectivity index (χ2v) is 6.52. The number of anilines is 1. The van der Waals surface area contributed by atoms with E-state index in [1.165, 1.54) is 17.0 Å². The van der Waals surface area contributed by atoms with Gasteiger partial charge in [0.25, 0.3) is 0 Å². The number of amides is 2. The number of rotatable bonds is 4. The van der Waals surface area contributed by atoms with Gasteiger partial charge in [-0.15, -0.1) is 0 Å². The maximum absolute atomic E-state index is 13.1. The van der Waals surface area contributed by atoms with Crippen molar-refractivity contribution < 1.29 is 14.0 Å². The lowest BCUT2D eigenvalue weighted by molar-refractivity contribution is -0.139. The smallest absolute Gasteiger partial charge is 0.242 e. The Kier molecular flexibility index (Phi) is 4.92. The van der Waals surface area contributed by atoms with E-state index in [0.717, 1.165) is 22.6 Å². The summed E-state index contributed by atoms with van der Waals surface area (Å²) < 4.78 is 13.1. The number of carbonyl (C=O) groups excluding carboxylic acids is 2. The topological polar surface area (TPSA) is 95.3 Å². The molecule has 3 rings (SSSR count). The molecule has 1 aliphatic heterocycles. The molecule has 138 valence electrons. The first kappa shape index (κ1) is 17.9. The quantitative estimate of drug-likeness (QED) is 0.848. The van der Waals surface area contributed by atoms with Crippen LogP contribution in [0.3, 0.4) is 0 Å². The van der Waals surface area contributed by atoms with Crippen molar-refractivity contribution in [3.8, 4) is 0 Å². The minimum Gasteiger partial charge on any atom is -0.368 e. The molecule has 1 aliphatic rings. The lowest BCUT2D eigenvalue weighted by atomic mass is 10.1. The molecule has 0 spiro atoms. The van der Waals surface area contributed by atoms with Crippen molar-refractivity contribution in [2.45, 2.75) is 26.3 Å². The Morgan fingerprint density at radius 3 is 2.54 bits per heavy atom. The lowest BCUT2D eigenvalue weighted by Crippen LogP contribution is -2.60. The molecule has 26 heavy (non-hydrogen) atoms. The highest BCUT2D eigenvalue weighted by Gasteiger charge is 2.34. The highest BCUT2D eigenvalue weighted by Crippen LogP contribution is 2.21. The molecule has 2 heterocycles. The van der Waals surface area contributed by atoms with E-state index in [4.69, 9.17) is 5.73 Å². The van der Waals surface area contributed by atoms with E-state index in [1.807, 2.05) is 18.7 Å². The summed E-state index contributed by atoms with van der Waals surface area (Å²) in [6, 6.07) is 5.33. The predicted octanol–water partition coefficient (Wildman–Crippen LogP) is 0.911. The number of nitrogens with zero attached hydrogens (tertiary/aromatic N) is 3. The van der Waals surface area contributed by atoms with Crippen LogP contribution in [0.4, 0.5) is 10.1 Å². The van der Waals surface area contributed by atoms with Crippen LogP contribution in [-0.4, -0.2) is 52.6 Å². The number of piperazine rings is 1. The van der Waals surface area contributed by atoms with Crippen molar-refractivity contribution in [1.29, 1.82) is 0 Å². The fraction of sp³-hybridized carbons (Fsp3) is 0.389.